The van der Waals surface area contributed by atoms with Crippen LogP contribution in [0.5, 0.6) is 0 Å². The molecule has 1 heterocycles. The molecule has 6 unspecified atom stereocenters. The highest BCUT2D eigenvalue weighted by molar-refractivity contribution is 5.69. The number of carbonyl (C=O) groups excluding carboxylic acids is 4. The Balaban J connectivity index is 1.92. The Morgan fingerprint density at radius 3 is 2.18 bits per heavy atom. The van der Waals surface area contributed by atoms with Crippen molar-refractivity contribution in [3.63, 3.8) is 0 Å². The van der Waals surface area contributed by atoms with Crippen molar-refractivity contribution in [2.75, 3.05) is 34.5 Å². The first-order valence-corrected chi connectivity index (χ1v) is 18.7. The van der Waals surface area contributed by atoms with Gasteiger partial charge in [0.05, 0.1) is 25.4 Å². The largest absolute Gasteiger partial charge is 0.469 e. The van der Waals surface area contributed by atoms with Gasteiger partial charge in [0.1, 0.15) is 19.3 Å². The van der Waals surface area contributed by atoms with Gasteiger partial charge in [0.2, 0.25) is 0 Å². The zero-order chi connectivity index (χ0) is 38.1. The molecule has 3 N–H and O–H groups in total. The summed E-state index contributed by atoms with van der Waals surface area (Å²) in [6.07, 6.45) is 12.5. The third kappa shape index (κ3) is 17.8. The van der Waals surface area contributed by atoms with Gasteiger partial charge < -0.3 is 44.4 Å². The average molecular weight is 726 g/mol. The Morgan fingerprint density at radius 2 is 1.55 bits per heavy atom. The average Bonchev–Trinajstić information content (AvgIpc) is 3.81. The van der Waals surface area contributed by atoms with E-state index < -0.39 is 35.3 Å². The van der Waals surface area contributed by atoms with E-state index in [-0.39, 0.29) is 49.0 Å². The smallest absolute Gasteiger partial charge is 0.407 e. The van der Waals surface area contributed by atoms with Crippen LogP contribution in [0.15, 0.2) is 12.2 Å². The van der Waals surface area contributed by atoms with E-state index in [1.165, 1.54) is 14.2 Å². The number of unbranched alkanes of at least 4 members (excludes halogenated alkanes) is 5. The summed E-state index contributed by atoms with van der Waals surface area (Å²) in [5.41, 5.74) is -1.40. The maximum Gasteiger partial charge on any atom is 0.407 e. The van der Waals surface area contributed by atoms with E-state index in [1.54, 1.807) is 7.11 Å². The zero-order valence-corrected chi connectivity index (χ0v) is 32.7. The summed E-state index contributed by atoms with van der Waals surface area (Å²) in [7, 11) is 4.54. The molecule has 0 bridgehead atoms. The zero-order valence-electron chi connectivity index (χ0n) is 32.7. The molecule has 6 atom stereocenters. The summed E-state index contributed by atoms with van der Waals surface area (Å²) in [5, 5.41) is 8.53. The van der Waals surface area contributed by atoms with Crippen LogP contribution >= 0.6 is 0 Å². The lowest BCUT2D eigenvalue weighted by molar-refractivity contribution is -0.140. The Labute approximate surface area is 306 Å². The Hall–Kier alpha value is -3.06. The Morgan fingerprint density at radius 1 is 0.882 bits per heavy atom. The van der Waals surface area contributed by atoms with Crippen molar-refractivity contribution >= 4 is 24.2 Å². The van der Waals surface area contributed by atoms with Crippen LogP contribution < -0.4 is 16.0 Å². The molecule has 13 nitrogen and oxygen atoms in total. The van der Waals surface area contributed by atoms with E-state index in [9.17, 15) is 19.2 Å². The summed E-state index contributed by atoms with van der Waals surface area (Å²) >= 11 is 0. The molecule has 1 aliphatic heterocycles. The van der Waals surface area contributed by atoms with Gasteiger partial charge in [-0.3, -0.25) is 4.79 Å². The van der Waals surface area contributed by atoms with E-state index in [2.05, 4.69) is 53.6 Å². The lowest BCUT2D eigenvalue weighted by atomic mass is 9.67. The number of amides is 3. The second kappa shape index (κ2) is 21.5. The molecule has 294 valence electrons. The number of nitrogens with one attached hydrogen (secondary N) is 3. The maximum absolute atomic E-state index is 13.4. The molecule has 13 heteroatoms. The predicted molar refractivity (Wildman–Crippen MR) is 194 cm³/mol. The number of allylic oxidation sites excluding steroid dienone is 1. The monoisotopic (exact) mass is 725 g/mol. The molecule has 1 saturated carbocycles. The SMILES string of the molecule is CCC1OC1CC(OC(=O)NC1CC(C)(C)CC(C)(NC(=O)OCC(C)(C)COC(=O)NC)C1)C(CC=CCCCCCCCC(=O)OC)OC. The summed E-state index contributed by atoms with van der Waals surface area (Å²) in [6, 6.07) is -0.244. The second-order valence-electron chi connectivity index (χ2n) is 16.0. The van der Waals surface area contributed by atoms with Crippen molar-refractivity contribution in [1.29, 1.82) is 0 Å². The van der Waals surface area contributed by atoms with Crippen molar-refractivity contribution < 1.29 is 47.6 Å². The van der Waals surface area contributed by atoms with Crippen LogP contribution in [0.4, 0.5) is 14.4 Å². The molecule has 0 spiro atoms. The molecule has 51 heavy (non-hydrogen) atoms. The van der Waals surface area contributed by atoms with Crippen molar-refractivity contribution in [2.45, 2.75) is 161 Å². The van der Waals surface area contributed by atoms with E-state index in [4.69, 9.17) is 23.7 Å². The second-order valence-corrected chi connectivity index (χ2v) is 16.0. The highest BCUT2D eigenvalue weighted by Crippen LogP contribution is 2.41. The van der Waals surface area contributed by atoms with Crippen LogP contribution in [0, 0.1) is 10.8 Å². The number of ether oxygens (including phenoxy) is 6. The molecule has 0 aromatic rings. The fourth-order valence-corrected chi connectivity index (χ4v) is 7.10. The minimum atomic E-state index is -0.641. The molecule has 0 aromatic carbocycles. The Kier molecular flexibility index (Phi) is 18.6. The van der Waals surface area contributed by atoms with Crippen LogP contribution in [-0.2, 0) is 33.2 Å². The predicted octanol–water partition coefficient (Wildman–Crippen LogP) is 6.96. The van der Waals surface area contributed by atoms with Crippen molar-refractivity contribution in [3.05, 3.63) is 12.2 Å². The molecule has 0 radical (unpaired) electrons. The standard InChI is InChI=1S/C38H67N3O10/c1-10-28-30(50-28)21-31(29(46-8)19-17-15-13-11-12-14-16-18-20-32(42)47-9)51-34(44)40-27-22-36(2,3)24-38(6,23-27)41-35(45)49-26-37(4,5)25-48-33(43)39-7/h15,17,27-31H,10-14,16,18-26H2,1-9H3,(H,39,43)(H,40,44)(H,41,45). The van der Waals surface area contributed by atoms with Crippen molar-refractivity contribution in [2.24, 2.45) is 10.8 Å². The molecule has 2 aliphatic rings. The molecule has 1 saturated heterocycles. The maximum atomic E-state index is 13.4. The topological polar surface area (TPSA) is 163 Å². The molecule has 1 aliphatic carbocycles. The number of alkyl carbamates (subject to hydrolysis) is 3. The first-order chi connectivity index (χ1) is 24.0. The van der Waals surface area contributed by atoms with E-state index in [0.717, 1.165) is 44.9 Å². The summed E-state index contributed by atoms with van der Waals surface area (Å²) in [5.74, 6) is -0.151. The van der Waals surface area contributed by atoms with E-state index in [1.807, 2.05) is 20.8 Å². The fraction of sp³-hybridized carbons (Fsp3) is 0.842. The van der Waals surface area contributed by atoms with Gasteiger partial charge in [0.25, 0.3) is 0 Å². The number of carbonyl (C=O) groups is 4. The summed E-state index contributed by atoms with van der Waals surface area (Å²) in [4.78, 5) is 49.1. The lowest BCUT2D eigenvalue weighted by Gasteiger charge is -2.46. The fourth-order valence-electron chi connectivity index (χ4n) is 7.10. The van der Waals surface area contributed by atoms with Crippen LogP contribution in [0.3, 0.4) is 0 Å². The van der Waals surface area contributed by atoms with Crippen molar-refractivity contribution in [3.8, 4) is 0 Å². The van der Waals surface area contributed by atoms with Gasteiger partial charge in [-0.2, -0.15) is 0 Å². The number of epoxide rings is 1. The molecular formula is C38H67N3O10. The first-order valence-electron chi connectivity index (χ1n) is 18.7. The number of methoxy groups -OCH3 is 2. The Bertz CT molecular complexity index is 1130. The molecule has 0 aromatic heterocycles. The molecular weight excluding hydrogens is 658 g/mol. The minimum absolute atomic E-state index is 0.0288. The van der Waals surface area contributed by atoms with E-state index >= 15 is 0 Å². The van der Waals surface area contributed by atoms with Gasteiger partial charge in [0, 0.05) is 44.0 Å². The van der Waals surface area contributed by atoms with Gasteiger partial charge in [-0.1, -0.05) is 66.0 Å². The van der Waals surface area contributed by atoms with Crippen LogP contribution in [0.1, 0.15) is 125 Å². The number of rotatable bonds is 22. The molecule has 2 rings (SSSR count). The van der Waals surface area contributed by atoms with Crippen LogP contribution in [0.2, 0.25) is 0 Å². The van der Waals surface area contributed by atoms with Gasteiger partial charge >= 0.3 is 24.2 Å². The summed E-state index contributed by atoms with van der Waals surface area (Å²) < 4.78 is 33.1. The van der Waals surface area contributed by atoms with Gasteiger partial charge in [0.15, 0.2) is 0 Å². The third-order valence-electron chi connectivity index (χ3n) is 9.53. The quantitative estimate of drug-likeness (QED) is 0.0350. The minimum Gasteiger partial charge on any atom is -0.469 e. The number of esters is 1. The third-order valence-corrected chi connectivity index (χ3v) is 9.53. The molecule has 3 amide bonds. The first kappa shape index (κ1) is 44.1. The van der Waals surface area contributed by atoms with Crippen LogP contribution in [0.25, 0.3) is 0 Å². The van der Waals surface area contributed by atoms with Gasteiger partial charge in [-0.25, -0.2) is 14.4 Å². The highest BCUT2D eigenvalue weighted by atomic mass is 16.6. The lowest BCUT2D eigenvalue weighted by Crippen LogP contribution is -2.58. The summed E-state index contributed by atoms with van der Waals surface area (Å²) in [6.45, 7) is 12.1. The number of hydrogen-bond acceptors (Lipinski definition) is 10. The van der Waals surface area contributed by atoms with Crippen molar-refractivity contribution in [1.82, 2.24) is 16.0 Å². The van der Waals surface area contributed by atoms with Gasteiger partial charge in [-0.15, -0.1) is 0 Å². The van der Waals surface area contributed by atoms with Gasteiger partial charge in [-0.05, 0) is 63.7 Å². The normalized spacial score (nSPS) is 23.8. The number of hydrogen-bond donors (Lipinski definition) is 3. The van der Waals surface area contributed by atoms with E-state index in [0.29, 0.717) is 38.5 Å². The highest BCUT2D eigenvalue weighted by Gasteiger charge is 2.45. The molecule has 2 fully saturated rings. The van der Waals surface area contributed by atoms with Crippen LogP contribution in [-0.4, -0.2) is 94.7 Å².